The van der Waals surface area contributed by atoms with Gasteiger partial charge >= 0.3 is 5.97 Å². The highest BCUT2D eigenvalue weighted by molar-refractivity contribution is 8.00. The fraction of sp³-hybridized carbons (Fsp3) is 0.300. The Labute approximate surface area is 82.0 Å². The Balaban J connectivity index is 2.68. The predicted octanol–water partition coefficient (Wildman–Crippen LogP) is 2.48. The predicted molar refractivity (Wildman–Crippen MR) is 54.3 cm³/mol. The van der Waals surface area contributed by atoms with Crippen molar-refractivity contribution in [3.05, 3.63) is 29.3 Å². The molecule has 0 amide bonds. The van der Waals surface area contributed by atoms with Crippen LogP contribution in [0.2, 0.25) is 0 Å². The molecule has 1 aromatic rings. The van der Waals surface area contributed by atoms with Crippen molar-refractivity contribution in [3.8, 4) is 0 Å². The topological polar surface area (TPSA) is 37.3 Å². The van der Waals surface area contributed by atoms with E-state index in [0.717, 1.165) is 4.90 Å². The van der Waals surface area contributed by atoms with E-state index >= 15 is 0 Å². The molecule has 0 unspecified atom stereocenters. The minimum atomic E-state index is -0.775. The first-order valence-electron chi connectivity index (χ1n) is 4.01. The van der Waals surface area contributed by atoms with E-state index in [9.17, 15) is 4.79 Å². The monoisotopic (exact) mass is 196 g/mol. The smallest absolute Gasteiger partial charge is 0.313 e. The third-order valence-electron chi connectivity index (χ3n) is 1.84. The quantitative estimate of drug-likeness (QED) is 0.755. The van der Waals surface area contributed by atoms with Gasteiger partial charge in [-0.05, 0) is 37.1 Å². The van der Waals surface area contributed by atoms with Crippen LogP contribution in [0, 0.1) is 13.8 Å². The van der Waals surface area contributed by atoms with E-state index in [4.69, 9.17) is 5.11 Å². The standard InChI is InChI=1S/C10H12O2S/c1-7-3-4-9(5-8(7)2)13-6-10(11)12/h3-5H,6H2,1-2H3,(H,11,12). The third-order valence-corrected chi connectivity index (χ3v) is 2.82. The summed E-state index contributed by atoms with van der Waals surface area (Å²) in [5, 5.41) is 8.48. The SMILES string of the molecule is Cc1ccc(SCC(=O)O)cc1C. The summed E-state index contributed by atoms with van der Waals surface area (Å²) in [6, 6.07) is 5.98. The zero-order chi connectivity index (χ0) is 9.84. The molecular formula is C10H12O2S. The third kappa shape index (κ3) is 3.11. The van der Waals surface area contributed by atoms with E-state index in [1.807, 2.05) is 32.0 Å². The molecule has 0 radical (unpaired) electrons. The number of thioether (sulfide) groups is 1. The van der Waals surface area contributed by atoms with E-state index in [0.29, 0.717) is 0 Å². The maximum absolute atomic E-state index is 10.3. The van der Waals surface area contributed by atoms with Crippen molar-refractivity contribution in [1.29, 1.82) is 0 Å². The number of carboxylic acids is 1. The molecule has 0 aliphatic heterocycles. The second-order valence-electron chi connectivity index (χ2n) is 2.93. The first-order chi connectivity index (χ1) is 6.09. The Hall–Kier alpha value is -0.960. The van der Waals surface area contributed by atoms with Crippen molar-refractivity contribution in [2.24, 2.45) is 0 Å². The Morgan fingerprint density at radius 3 is 2.62 bits per heavy atom. The highest BCUT2D eigenvalue weighted by Crippen LogP contribution is 2.20. The zero-order valence-corrected chi connectivity index (χ0v) is 8.52. The average Bonchev–Trinajstić information content (AvgIpc) is 2.07. The van der Waals surface area contributed by atoms with Gasteiger partial charge in [-0.25, -0.2) is 0 Å². The van der Waals surface area contributed by atoms with E-state index in [1.165, 1.54) is 22.9 Å². The fourth-order valence-corrected chi connectivity index (χ4v) is 1.66. The van der Waals surface area contributed by atoms with E-state index in [-0.39, 0.29) is 5.75 Å². The molecule has 0 saturated heterocycles. The number of benzene rings is 1. The number of aliphatic carboxylic acids is 1. The molecular weight excluding hydrogens is 184 g/mol. The van der Waals surface area contributed by atoms with Crippen LogP contribution in [0.3, 0.4) is 0 Å². The van der Waals surface area contributed by atoms with Gasteiger partial charge in [-0.3, -0.25) is 4.79 Å². The van der Waals surface area contributed by atoms with E-state index in [1.54, 1.807) is 0 Å². The maximum Gasteiger partial charge on any atom is 0.313 e. The molecule has 13 heavy (non-hydrogen) atoms. The fourth-order valence-electron chi connectivity index (χ4n) is 0.949. The van der Waals surface area contributed by atoms with Crippen LogP contribution >= 0.6 is 11.8 Å². The number of carbonyl (C=O) groups is 1. The van der Waals surface area contributed by atoms with Crippen LogP contribution < -0.4 is 0 Å². The molecule has 1 aromatic carbocycles. The van der Waals surface area contributed by atoms with Gasteiger partial charge in [0.15, 0.2) is 0 Å². The van der Waals surface area contributed by atoms with Gasteiger partial charge in [0.05, 0.1) is 5.75 Å². The van der Waals surface area contributed by atoms with Gasteiger partial charge in [-0.2, -0.15) is 0 Å². The van der Waals surface area contributed by atoms with Crippen molar-refractivity contribution in [2.75, 3.05) is 5.75 Å². The second kappa shape index (κ2) is 4.33. The van der Waals surface area contributed by atoms with Gasteiger partial charge < -0.3 is 5.11 Å². The van der Waals surface area contributed by atoms with Crippen LogP contribution in [-0.4, -0.2) is 16.8 Å². The largest absolute Gasteiger partial charge is 0.481 e. The first-order valence-corrected chi connectivity index (χ1v) is 5.00. The molecule has 0 saturated carbocycles. The Bertz CT molecular complexity index is 321. The molecule has 0 aliphatic rings. The second-order valence-corrected chi connectivity index (χ2v) is 3.98. The number of carboxylic acid groups (broad SMARTS) is 1. The van der Waals surface area contributed by atoms with Crippen LogP contribution in [0.4, 0.5) is 0 Å². The van der Waals surface area contributed by atoms with Crippen LogP contribution in [0.1, 0.15) is 11.1 Å². The van der Waals surface area contributed by atoms with Crippen molar-refractivity contribution < 1.29 is 9.90 Å². The molecule has 0 atom stereocenters. The molecule has 2 nitrogen and oxygen atoms in total. The summed E-state index contributed by atoms with van der Waals surface area (Å²) in [5.74, 6) is -0.647. The van der Waals surface area contributed by atoms with Crippen LogP contribution in [0.25, 0.3) is 0 Å². The molecule has 0 aromatic heterocycles. The summed E-state index contributed by atoms with van der Waals surface area (Å²) in [6.07, 6.45) is 0. The molecule has 0 spiro atoms. The summed E-state index contributed by atoms with van der Waals surface area (Å²) in [7, 11) is 0. The summed E-state index contributed by atoms with van der Waals surface area (Å²) in [4.78, 5) is 11.3. The molecule has 3 heteroatoms. The summed E-state index contributed by atoms with van der Waals surface area (Å²) in [5.41, 5.74) is 2.44. The van der Waals surface area contributed by atoms with Crippen molar-refractivity contribution >= 4 is 17.7 Å². The lowest BCUT2D eigenvalue weighted by Crippen LogP contribution is -1.97. The summed E-state index contributed by atoms with van der Waals surface area (Å²) < 4.78 is 0. The van der Waals surface area contributed by atoms with Crippen LogP contribution in [0.5, 0.6) is 0 Å². The molecule has 1 N–H and O–H groups in total. The van der Waals surface area contributed by atoms with E-state index in [2.05, 4.69) is 0 Å². The van der Waals surface area contributed by atoms with Crippen LogP contribution in [0.15, 0.2) is 23.1 Å². The molecule has 70 valence electrons. The lowest BCUT2D eigenvalue weighted by molar-refractivity contribution is -0.133. The molecule has 0 heterocycles. The molecule has 0 bridgehead atoms. The Kier molecular flexibility index (Phi) is 3.37. The highest BCUT2D eigenvalue weighted by Gasteiger charge is 2.00. The summed E-state index contributed by atoms with van der Waals surface area (Å²) >= 11 is 1.35. The molecule has 0 aliphatic carbocycles. The van der Waals surface area contributed by atoms with Crippen molar-refractivity contribution in [3.63, 3.8) is 0 Å². The number of rotatable bonds is 3. The average molecular weight is 196 g/mol. The Morgan fingerprint density at radius 1 is 1.38 bits per heavy atom. The normalized spacial score (nSPS) is 10.0. The van der Waals surface area contributed by atoms with Crippen LogP contribution in [-0.2, 0) is 4.79 Å². The molecule has 1 rings (SSSR count). The Morgan fingerprint density at radius 2 is 2.08 bits per heavy atom. The van der Waals surface area contributed by atoms with Gasteiger partial charge in [0.25, 0.3) is 0 Å². The lowest BCUT2D eigenvalue weighted by Gasteiger charge is -2.02. The van der Waals surface area contributed by atoms with Crippen molar-refractivity contribution in [2.45, 2.75) is 18.7 Å². The minimum absolute atomic E-state index is 0.127. The first kappa shape index (κ1) is 10.1. The maximum atomic E-state index is 10.3. The number of hydrogen-bond acceptors (Lipinski definition) is 2. The minimum Gasteiger partial charge on any atom is -0.481 e. The molecule has 0 fully saturated rings. The van der Waals surface area contributed by atoms with Gasteiger partial charge in [0.2, 0.25) is 0 Å². The van der Waals surface area contributed by atoms with Gasteiger partial charge in [-0.15, -0.1) is 11.8 Å². The summed E-state index contributed by atoms with van der Waals surface area (Å²) in [6.45, 7) is 4.07. The van der Waals surface area contributed by atoms with Crippen molar-refractivity contribution in [1.82, 2.24) is 0 Å². The zero-order valence-electron chi connectivity index (χ0n) is 7.70. The number of aryl methyl sites for hydroxylation is 2. The van der Waals surface area contributed by atoms with E-state index < -0.39 is 5.97 Å². The number of hydrogen-bond donors (Lipinski definition) is 1. The van der Waals surface area contributed by atoms with Gasteiger partial charge in [0.1, 0.15) is 0 Å². The van der Waals surface area contributed by atoms with Gasteiger partial charge in [0, 0.05) is 4.90 Å². The highest BCUT2D eigenvalue weighted by atomic mass is 32.2. The van der Waals surface area contributed by atoms with Gasteiger partial charge in [-0.1, -0.05) is 6.07 Å². The lowest BCUT2D eigenvalue weighted by atomic mass is 10.1.